The van der Waals surface area contributed by atoms with Crippen LogP contribution in [-0.4, -0.2) is 10.9 Å². The number of hydrogen-bond acceptors (Lipinski definition) is 4. The van der Waals surface area contributed by atoms with Gasteiger partial charge in [-0.25, -0.2) is 4.98 Å². The lowest BCUT2D eigenvalue weighted by Crippen LogP contribution is -2.07. The van der Waals surface area contributed by atoms with E-state index in [-0.39, 0.29) is 5.91 Å². The van der Waals surface area contributed by atoms with Gasteiger partial charge in [0, 0.05) is 11.0 Å². The molecule has 1 aromatic carbocycles. The maximum absolute atomic E-state index is 11.9. The molecule has 6 heteroatoms. The minimum Gasteiger partial charge on any atom is -0.298 e. The average Bonchev–Trinajstić information content (AvgIpc) is 3.10. The van der Waals surface area contributed by atoms with Crippen LogP contribution in [-0.2, 0) is 4.79 Å². The van der Waals surface area contributed by atoms with Crippen LogP contribution in [0.3, 0.4) is 0 Å². The number of anilines is 1. The van der Waals surface area contributed by atoms with Crippen molar-refractivity contribution >= 4 is 61.6 Å². The van der Waals surface area contributed by atoms with Gasteiger partial charge in [0.05, 0.1) is 15.2 Å². The van der Waals surface area contributed by atoms with Crippen LogP contribution in [0.25, 0.3) is 16.3 Å². The van der Waals surface area contributed by atoms with Gasteiger partial charge in [-0.3, -0.25) is 10.1 Å². The fraction of sp³-hybridized carbons (Fsp3) is 0.0667. The largest absolute Gasteiger partial charge is 0.298 e. The van der Waals surface area contributed by atoms with Gasteiger partial charge >= 0.3 is 0 Å². The summed E-state index contributed by atoms with van der Waals surface area (Å²) in [6.07, 6.45) is 3.29. The van der Waals surface area contributed by atoms with E-state index in [1.165, 1.54) is 17.4 Å². The number of aryl methyl sites for hydroxylation is 1. The molecule has 0 fully saturated rings. The Hall–Kier alpha value is -1.69. The molecule has 0 bridgehead atoms. The van der Waals surface area contributed by atoms with E-state index in [0.717, 1.165) is 20.7 Å². The first-order valence-electron chi connectivity index (χ1n) is 6.22. The van der Waals surface area contributed by atoms with Crippen LogP contribution in [0, 0.1) is 6.92 Å². The van der Waals surface area contributed by atoms with Gasteiger partial charge in [-0.05, 0) is 36.1 Å². The molecule has 0 aliphatic heterocycles. The maximum Gasteiger partial charge on any atom is 0.250 e. The highest BCUT2D eigenvalue weighted by Crippen LogP contribution is 2.33. The quantitative estimate of drug-likeness (QED) is 0.687. The summed E-state index contributed by atoms with van der Waals surface area (Å²) < 4.78 is 0.897. The van der Waals surface area contributed by atoms with E-state index in [9.17, 15) is 4.79 Å². The minimum absolute atomic E-state index is 0.198. The Morgan fingerprint density at radius 1 is 1.38 bits per heavy atom. The highest BCUT2D eigenvalue weighted by atomic mass is 35.5. The predicted molar refractivity (Wildman–Crippen MR) is 91.3 cm³/mol. The molecule has 2 aromatic heterocycles. The normalized spacial score (nSPS) is 11.3. The van der Waals surface area contributed by atoms with Gasteiger partial charge in [0.1, 0.15) is 0 Å². The highest BCUT2D eigenvalue weighted by Gasteiger charge is 2.10. The van der Waals surface area contributed by atoms with E-state index < -0.39 is 0 Å². The number of amides is 1. The Balaban J connectivity index is 1.80. The van der Waals surface area contributed by atoms with Crippen molar-refractivity contribution < 1.29 is 4.79 Å². The second-order valence-corrected chi connectivity index (χ2v) is 6.78. The van der Waals surface area contributed by atoms with Crippen molar-refractivity contribution in [3.63, 3.8) is 0 Å². The molecule has 0 radical (unpaired) electrons. The van der Waals surface area contributed by atoms with Crippen LogP contribution in [0.15, 0.2) is 35.7 Å². The number of fused-ring (bicyclic) bond motifs is 1. The molecule has 106 valence electrons. The lowest BCUT2D eigenvalue weighted by molar-refractivity contribution is -0.111. The Morgan fingerprint density at radius 3 is 2.95 bits per heavy atom. The van der Waals surface area contributed by atoms with E-state index in [2.05, 4.69) is 10.3 Å². The first-order valence-corrected chi connectivity index (χ1v) is 8.29. The zero-order valence-corrected chi connectivity index (χ0v) is 13.5. The average molecular weight is 335 g/mol. The number of nitrogens with one attached hydrogen (secondary N) is 1. The van der Waals surface area contributed by atoms with Crippen molar-refractivity contribution in [1.82, 2.24) is 4.98 Å². The molecule has 3 aromatic rings. The van der Waals surface area contributed by atoms with E-state index in [0.29, 0.717) is 10.2 Å². The van der Waals surface area contributed by atoms with Crippen molar-refractivity contribution in [2.75, 3.05) is 5.32 Å². The molecule has 0 spiro atoms. The first kappa shape index (κ1) is 14.3. The zero-order valence-electron chi connectivity index (χ0n) is 11.1. The number of benzene rings is 1. The number of nitrogens with zero attached hydrogens (tertiary/aromatic N) is 1. The van der Waals surface area contributed by atoms with E-state index in [1.807, 2.05) is 36.6 Å². The molecule has 1 N–H and O–H groups in total. The number of carbonyl (C=O) groups excluding carboxylic acids is 1. The number of halogens is 1. The number of thiazole rings is 1. The Kier molecular flexibility index (Phi) is 4.05. The van der Waals surface area contributed by atoms with Crippen LogP contribution in [0.2, 0.25) is 5.02 Å². The molecular weight excluding hydrogens is 324 g/mol. The summed E-state index contributed by atoms with van der Waals surface area (Å²) in [5.41, 5.74) is 1.88. The van der Waals surface area contributed by atoms with Crippen LogP contribution >= 0.6 is 34.3 Å². The second-order valence-electron chi connectivity index (χ2n) is 4.40. The van der Waals surface area contributed by atoms with Gasteiger partial charge < -0.3 is 0 Å². The molecule has 0 saturated carbocycles. The summed E-state index contributed by atoms with van der Waals surface area (Å²) in [7, 11) is 0. The summed E-state index contributed by atoms with van der Waals surface area (Å²) in [4.78, 5) is 17.4. The van der Waals surface area contributed by atoms with E-state index in [4.69, 9.17) is 11.6 Å². The summed E-state index contributed by atoms with van der Waals surface area (Å²) >= 11 is 9.12. The number of thiophene rings is 1. The maximum atomic E-state index is 11.9. The van der Waals surface area contributed by atoms with Gasteiger partial charge in [0.15, 0.2) is 5.13 Å². The molecule has 1 amide bonds. The summed E-state index contributed by atoms with van der Waals surface area (Å²) in [6.45, 7) is 1.97. The van der Waals surface area contributed by atoms with E-state index >= 15 is 0 Å². The first-order chi connectivity index (χ1) is 10.1. The third-order valence-corrected chi connectivity index (χ3v) is 5.14. The van der Waals surface area contributed by atoms with Crippen molar-refractivity contribution in [2.45, 2.75) is 6.92 Å². The molecule has 21 heavy (non-hydrogen) atoms. The predicted octanol–water partition coefficient (Wildman–Crippen LogP) is 4.97. The zero-order chi connectivity index (χ0) is 14.8. The second kappa shape index (κ2) is 5.97. The Bertz CT molecular complexity index is 783. The van der Waals surface area contributed by atoms with Crippen LogP contribution in [0.5, 0.6) is 0 Å². The molecule has 2 heterocycles. The fourth-order valence-corrected chi connectivity index (χ4v) is 3.68. The monoisotopic (exact) mass is 334 g/mol. The van der Waals surface area contributed by atoms with E-state index in [1.54, 1.807) is 17.4 Å². The Morgan fingerprint density at radius 2 is 2.24 bits per heavy atom. The van der Waals surface area contributed by atoms with Crippen LogP contribution in [0.1, 0.15) is 10.4 Å². The molecule has 0 aliphatic rings. The lowest BCUT2D eigenvalue weighted by atomic mass is 10.2. The molecular formula is C15H11ClN2OS2. The van der Waals surface area contributed by atoms with Crippen molar-refractivity contribution in [3.8, 4) is 0 Å². The van der Waals surface area contributed by atoms with Gasteiger partial charge in [-0.15, -0.1) is 11.3 Å². The minimum atomic E-state index is -0.198. The number of aromatic nitrogens is 1. The van der Waals surface area contributed by atoms with Gasteiger partial charge in [0.25, 0.3) is 0 Å². The van der Waals surface area contributed by atoms with Crippen molar-refractivity contribution in [3.05, 3.63) is 51.2 Å². The van der Waals surface area contributed by atoms with Crippen molar-refractivity contribution in [2.24, 2.45) is 0 Å². The summed E-state index contributed by atoms with van der Waals surface area (Å²) in [6, 6.07) is 7.67. The smallest absolute Gasteiger partial charge is 0.250 e. The van der Waals surface area contributed by atoms with Gasteiger partial charge in [-0.2, -0.15) is 0 Å². The Labute approximate surface area is 134 Å². The fourth-order valence-electron chi connectivity index (χ4n) is 1.85. The number of carbonyl (C=O) groups is 1. The topological polar surface area (TPSA) is 42.0 Å². The lowest BCUT2D eigenvalue weighted by Gasteiger charge is -1.95. The highest BCUT2D eigenvalue weighted by molar-refractivity contribution is 7.23. The molecule has 0 atom stereocenters. The SMILES string of the molecule is Cc1ccc(Cl)c2sc(NC(=O)C=Cc3cccs3)nc12. The summed E-state index contributed by atoms with van der Waals surface area (Å²) in [5.74, 6) is -0.198. The van der Waals surface area contributed by atoms with Crippen molar-refractivity contribution in [1.29, 1.82) is 0 Å². The number of rotatable bonds is 3. The van der Waals surface area contributed by atoms with Gasteiger partial charge in [-0.1, -0.05) is 35.1 Å². The summed E-state index contributed by atoms with van der Waals surface area (Å²) in [5, 5.41) is 5.96. The third-order valence-electron chi connectivity index (χ3n) is 2.87. The number of hydrogen-bond donors (Lipinski definition) is 1. The van der Waals surface area contributed by atoms with Crippen LogP contribution in [0.4, 0.5) is 5.13 Å². The molecule has 0 unspecified atom stereocenters. The van der Waals surface area contributed by atoms with Gasteiger partial charge in [0.2, 0.25) is 5.91 Å². The molecule has 0 aliphatic carbocycles. The molecule has 3 nitrogen and oxygen atoms in total. The molecule has 3 rings (SSSR count). The standard InChI is InChI=1S/C15H11ClN2OS2/c1-9-4-6-11(16)14-13(9)18-15(21-14)17-12(19)7-5-10-3-2-8-20-10/h2-8H,1H3,(H,17,18,19). The molecule has 0 saturated heterocycles. The van der Waals surface area contributed by atoms with Crippen LogP contribution < -0.4 is 5.32 Å². The third kappa shape index (κ3) is 3.15.